The van der Waals surface area contributed by atoms with Crippen LogP contribution in [0, 0.1) is 18.3 Å². The first-order chi connectivity index (χ1) is 6.67. The first-order valence-corrected chi connectivity index (χ1v) is 4.60. The summed E-state index contributed by atoms with van der Waals surface area (Å²) >= 11 is 5.49. The number of aliphatic imine (C=N–C) groups is 1. The van der Waals surface area contributed by atoms with Gasteiger partial charge in [-0.2, -0.15) is 5.26 Å². The SMILES string of the molecule is Cc1ccc(N=C(N)CCl)cc1C#N. The summed E-state index contributed by atoms with van der Waals surface area (Å²) in [5.74, 6) is 0.537. The lowest BCUT2D eigenvalue weighted by atomic mass is 10.1. The highest BCUT2D eigenvalue weighted by atomic mass is 35.5. The molecule has 0 unspecified atom stereocenters. The van der Waals surface area contributed by atoms with Crippen LogP contribution in [-0.4, -0.2) is 11.7 Å². The Morgan fingerprint density at radius 2 is 2.36 bits per heavy atom. The van der Waals surface area contributed by atoms with E-state index in [1.54, 1.807) is 12.1 Å². The van der Waals surface area contributed by atoms with Gasteiger partial charge < -0.3 is 5.73 Å². The number of hydrogen-bond acceptors (Lipinski definition) is 2. The quantitative estimate of drug-likeness (QED) is 0.459. The van der Waals surface area contributed by atoms with Crippen LogP contribution in [0.4, 0.5) is 5.69 Å². The van der Waals surface area contributed by atoms with E-state index in [0.29, 0.717) is 17.1 Å². The van der Waals surface area contributed by atoms with E-state index in [-0.39, 0.29) is 5.88 Å². The molecule has 4 heteroatoms. The normalized spacial score (nSPS) is 11.1. The molecule has 14 heavy (non-hydrogen) atoms. The summed E-state index contributed by atoms with van der Waals surface area (Å²) in [6.07, 6.45) is 0. The minimum atomic E-state index is 0.190. The third-order valence-corrected chi connectivity index (χ3v) is 2.03. The van der Waals surface area contributed by atoms with E-state index in [1.807, 2.05) is 13.0 Å². The Morgan fingerprint density at radius 1 is 1.64 bits per heavy atom. The third-order valence-electron chi connectivity index (χ3n) is 1.75. The summed E-state index contributed by atoms with van der Waals surface area (Å²) < 4.78 is 0. The van der Waals surface area contributed by atoms with Gasteiger partial charge in [0, 0.05) is 0 Å². The molecule has 1 aromatic rings. The highest BCUT2D eigenvalue weighted by Crippen LogP contribution is 2.17. The molecule has 0 radical (unpaired) electrons. The van der Waals surface area contributed by atoms with Gasteiger partial charge in [0.05, 0.1) is 23.2 Å². The molecule has 2 N–H and O–H groups in total. The number of hydrogen-bond donors (Lipinski definition) is 1. The Labute approximate surface area is 87.8 Å². The zero-order valence-electron chi connectivity index (χ0n) is 7.79. The average Bonchev–Trinajstić information content (AvgIpc) is 2.20. The van der Waals surface area contributed by atoms with Crippen LogP contribution in [0.3, 0.4) is 0 Å². The van der Waals surface area contributed by atoms with Crippen molar-refractivity contribution in [1.82, 2.24) is 0 Å². The van der Waals surface area contributed by atoms with E-state index in [9.17, 15) is 0 Å². The summed E-state index contributed by atoms with van der Waals surface area (Å²) in [7, 11) is 0. The number of benzene rings is 1. The van der Waals surface area contributed by atoms with Crippen molar-refractivity contribution in [3.63, 3.8) is 0 Å². The molecule has 0 fully saturated rings. The van der Waals surface area contributed by atoms with Crippen molar-refractivity contribution in [2.75, 3.05) is 5.88 Å². The van der Waals surface area contributed by atoms with E-state index >= 15 is 0 Å². The Hall–Kier alpha value is -1.53. The summed E-state index contributed by atoms with van der Waals surface area (Å²) in [6.45, 7) is 1.87. The highest BCUT2D eigenvalue weighted by Gasteiger charge is 1.98. The second-order valence-corrected chi connectivity index (χ2v) is 3.12. The number of alkyl halides is 1. The second kappa shape index (κ2) is 4.64. The van der Waals surface area contributed by atoms with Crippen LogP contribution in [0.2, 0.25) is 0 Å². The van der Waals surface area contributed by atoms with Crippen LogP contribution in [0.15, 0.2) is 23.2 Å². The molecular formula is C10H10ClN3. The molecule has 0 heterocycles. The van der Waals surface area contributed by atoms with Gasteiger partial charge in [0.1, 0.15) is 5.84 Å². The number of halogens is 1. The van der Waals surface area contributed by atoms with Gasteiger partial charge in [0.25, 0.3) is 0 Å². The van der Waals surface area contributed by atoms with Gasteiger partial charge in [0.15, 0.2) is 0 Å². The Morgan fingerprint density at radius 3 is 2.93 bits per heavy atom. The lowest BCUT2D eigenvalue weighted by Crippen LogP contribution is -2.12. The molecule has 0 saturated carbocycles. The van der Waals surface area contributed by atoms with Crippen molar-refractivity contribution < 1.29 is 0 Å². The number of aryl methyl sites for hydroxylation is 1. The van der Waals surface area contributed by atoms with Gasteiger partial charge in [-0.25, -0.2) is 4.99 Å². The highest BCUT2D eigenvalue weighted by molar-refractivity contribution is 6.28. The van der Waals surface area contributed by atoms with Gasteiger partial charge in [-0.1, -0.05) is 6.07 Å². The third kappa shape index (κ3) is 2.48. The van der Waals surface area contributed by atoms with Crippen LogP contribution < -0.4 is 5.73 Å². The van der Waals surface area contributed by atoms with Gasteiger partial charge in [-0.15, -0.1) is 11.6 Å². The number of nitriles is 1. The van der Waals surface area contributed by atoms with Crippen LogP contribution in [-0.2, 0) is 0 Å². The number of rotatable bonds is 2. The van der Waals surface area contributed by atoms with Crippen LogP contribution in [0.5, 0.6) is 0 Å². The van der Waals surface area contributed by atoms with Gasteiger partial charge in [-0.3, -0.25) is 0 Å². The summed E-state index contributed by atoms with van der Waals surface area (Å²) in [5, 5.41) is 8.78. The molecule has 1 rings (SSSR count). The first-order valence-electron chi connectivity index (χ1n) is 4.07. The van der Waals surface area contributed by atoms with Crippen LogP contribution in [0.25, 0.3) is 0 Å². The molecule has 72 valence electrons. The lowest BCUT2D eigenvalue weighted by molar-refractivity contribution is 1.36. The first kappa shape index (κ1) is 10.6. The maximum Gasteiger partial charge on any atom is 0.115 e. The predicted octanol–water partition coefficient (Wildman–Crippen LogP) is 2.09. The van der Waals surface area contributed by atoms with Gasteiger partial charge in [0.2, 0.25) is 0 Å². The summed E-state index contributed by atoms with van der Waals surface area (Å²) in [5.41, 5.74) is 7.66. The smallest absolute Gasteiger partial charge is 0.115 e. The summed E-state index contributed by atoms with van der Waals surface area (Å²) in [4.78, 5) is 4.04. The van der Waals surface area contributed by atoms with Crippen LogP contribution >= 0.6 is 11.6 Å². The van der Waals surface area contributed by atoms with Crippen molar-refractivity contribution in [3.05, 3.63) is 29.3 Å². The fraction of sp³-hybridized carbons (Fsp3) is 0.200. The van der Waals surface area contributed by atoms with E-state index in [0.717, 1.165) is 5.56 Å². The van der Waals surface area contributed by atoms with Crippen molar-refractivity contribution in [1.29, 1.82) is 5.26 Å². The van der Waals surface area contributed by atoms with Crippen LogP contribution in [0.1, 0.15) is 11.1 Å². The molecule has 0 aliphatic heterocycles. The molecule has 0 atom stereocenters. The largest absolute Gasteiger partial charge is 0.386 e. The zero-order chi connectivity index (χ0) is 10.6. The molecule has 0 saturated heterocycles. The zero-order valence-corrected chi connectivity index (χ0v) is 8.54. The number of amidine groups is 1. The van der Waals surface area contributed by atoms with Gasteiger partial charge in [-0.05, 0) is 24.6 Å². The van der Waals surface area contributed by atoms with Crippen molar-refractivity contribution in [3.8, 4) is 6.07 Å². The van der Waals surface area contributed by atoms with E-state index in [2.05, 4.69) is 11.1 Å². The second-order valence-electron chi connectivity index (χ2n) is 2.85. The molecule has 0 bridgehead atoms. The fourth-order valence-corrected chi connectivity index (χ4v) is 1.06. The van der Waals surface area contributed by atoms with E-state index in [1.165, 1.54) is 0 Å². The predicted molar refractivity (Wildman–Crippen MR) is 57.9 cm³/mol. The minimum Gasteiger partial charge on any atom is -0.386 e. The summed E-state index contributed by atoms with van der Waals surface area (Å²) in [6, 6.07) is 7.41. The molecular weight excluding hydrogens is 198 g/mol. The standard InChI is InChI=1S/C10H10ClN3/c1-7-2-3-9(4-8(7)6-12)14-10(13)5-11/h2-4H,5H2,1H3,(H2,13,14). The number of nitrogens with two attached hydrogens (primary N) is 1. The molecule has 0 aromatic heterocycles. The Bertz CT molecular complexity index is 404. The van der Waals surface area contributed by atoms with Crippen molar-refractivity contribution >= 4 is 23.1 Å². The fourth-order valence-electron chi connectivity index (χ4n) is 0.996. The molecule has 1 aromatic carbocycles. The molecule has 0 spiro atoms. The van der Waals surface area contributed by atoms with Crippen molar-refractivity contribution in [2.24, 2.45) is 10.7 Å². The lowest BCUT2D eigenvalue weighted by Gasteiger charge is -1.99. The number of nitrogens with zero attached hydrogens (tertiary/aromatic N) is 2. The van der Waals surface area contributed by atoms with Crippen molar-refractivity contribution in [2.45, 2.75) is 6.92 Å². The molecule has 0 aliphatic carbocycles. The molecule has 3 nitrogen and oxygen atoms in total. The monoisotopic (exact) mass is 207 g/mol. The maximum atomic E-state index is 8.78. The Kier molecular flexibility index (Phi) is 3.49. The average molecular weight is 208 g/mol. The molecule has 0 amide bonds. The van der Waals surface area contributed by atoms with E-state index < -0.39 is 0 Å². The molecule has 0 aliphatic rings. The maximum absolute atomic E-state index is 8.78. The van der Waals surface area contributed by atoms with Gasteiger partial charge >= 0.3 is 0 Å². The minimum absolute atomic E-state index is 0.190. The van der Waals surface area contributed by atoms with E-state index in [4.69, 9.17) is 22.6 Å². The Balaban J connectivity index is 3.09. The topological polar surface area (TPSA) is 62.2 Å².